The summed E-state index contributed by atoms with van der Waals surface area (Å²) in [6, 6.07) is 9.94. The number of halogens is 2. The number of hydrogen-bond donors (Lipinski definition) is 2. The van der Waals surface area contributed by atoms with Crippen LogP contribution in [0.15, 0.2) is 48.5 Å². The Labute approximate surface area is 152 Å². The Balaban J connectivity index is 2.39. The zero-order valence-corrected chi connectivity index (χ0v) is 14.7. The fourth-order valence-corrected chi connectivity index (χ4v) is 2.67. The molecule has 0 spiro atoms. The molecule has 0 bridgehead atoms. The lowest BCUT2D eigenvalue weighted by atomic mass is 9.94. The van der Waals surface area contributed by atoms with E-state index in [1.54, 1.807) is 6.08 Å². The molecule has 138 valence electrons. The molecule has 1 atom stereocenters. The van der Waals surface area contributed by atoms with Crippen molar-refractivity contribution in [1.29, 1.82) is 0 Å². The summed E-state index contributed by atoms with van der Waals surface area (Å²) in [4.78, 5) is 11.0. The Kier molecular flexibility index (Phi) is 7.04. The van der Waals surface area contributed by atoms with Crippen LogP contribution in [0.3, 0.4) is 0 Å². The highest BCUT2D eigenvalue weighted by Gasteiger charge is 2.14. The van der Waals surface area contributed by atoms with E-state index in [1.807, 2.05) is 24.3 Å². The third kappa shape index (κ3) is 5.23. The van der Waals surface area contributed by atoms with Gasteiger partial charge in [-0.25, -0.2) is 8.78 Å². The molecule has 1 unspecified atom stereocenters. The van der Waals surface area contributed by atoms with E-state index in [2.05, 4.69) is 6.92 Å². The number of aryl methyl sites for hydroxylation is 1. The number of benzene rings is 2. The van der Waals surface area contributed by atoms with Crippen molar-refractivity contribution in [3.8, 4) is 0 Å². The average molecular weight is 359 g/mol. The molecule has 2 aromatic carbocycles. The van der Waals surface area contributed by atoms with Gasteiger partial charge in [0.1, 0.15) is 17.7 Å². The van der Waals surface area contributed by atoms with Crippen molar-refractivity contribution in [2.75, 3.05) is 0 Å². The van der Waals surface area contributed by atoms with Gasteiger partial charge >= 0.3 is 5.97 Å². The molecule has 2 rings (SSSR count). The van der Waals surface area contributed by atoms with Gasteiger partial charge in [0.05, 0.1) is 0 Å². The summed E-state index contributed by atoms with van der Waals surface area (Å²) in [6.45, 7) is 2.12. The Bertz CT molecular complexity index is 785. The monoisotopic (exact) mass is 359 g/mol. The Morgan fingerprint density at radius 1 is 1.19 bits per heavy atom. The minimum atomic E-state index is -1.13. The first-order valence-corrected chi connectivity index (χ1v) is 8.65. The minimum absolute atomic E-state index is 0.0407. The molecule has 3 nitrogen and oxygen atoms in total. The standard InChI is InChI=1S/C21H23F2NO2/c1-2-3-4-14-5-7-15(8-6-14)17(11-12-20(24)21(25)26)18-10-9-16(22)13-19(18)23/h5-11,13,20H,2-4,12,24H2,1H3,(H,25,26)/b17-11+. The second kappa shape index (κ2) is 9.25. The number of carboxylic acid groups (broad SMARTS) is 1. The van der Waals surface area contributed by atoms with Gasteiger partial charge in [0.2, 0.25) is 0 Å². The lowest BCUT2D eigenvalue weighted by Gasteiger charge is -2.12. The molecule has 0 aromatic heterocycles. The highest BCUT2D eigenvalue weighted by molar-refractivity contribution is 5.81. The predicted molar refractivity (Wildman–Crippen MR) is 98.7 cm³/mol. The zero-order valence-electron chi connectivity index (χ0n) is 14.7. The third-order valence-corrected chi connectivity index (χ3v) is 4.20. The van der Waals surface area contributed by atoms with Crippen molar-refractivity contribution in [3.63, 3.8) is 0 Å². The quantitative estimate of drug-likeness (QED) is 0.727. The van der Waals surface area contributed by atoms with Gasteiger partial charge in [-0.2, -0.15) is 0 Å². The zero-order chi connectivity index (χ0) is 19.1. The number of aliphatic carboxylic acids is 1. The van der Waals surface area contributed by atoms with Crippen LogP contribution in [0.1, 0.15) is 42.9 Å². The number of unbranched alkanes of at least 4 members (excludes halogenated alkanes) is 1. The highest BCUT2D eigenvalue weighted by atomic mass is 19.1. The van der Waals surface area contributed by atoms with Crippen LogP contribution < -0.4 is 5.73 Å². The lowest BCUT2D eigenvalue weighted by Crippen LogP contribution is -2.29. The molecule has 2 aromatic rings. The van der Waals surface area contributed by atoms with Crippen LogP contribution in [0.2, 0.25) is 0 Å². The van der Waals surface area contributed by atoms with Crippen LogP contribution in [-0.4, -0.2) is 17.1 Å². The van der Waals surface area contributed by atoms with E-state index in [-0.39, 0.29) is 12.0 Å². The van der Waals surface area contributed by atoms with Crippen molar-refractivity contribution in [1.82, 2.24) is 0 Å². The smallest absolute Gasteiger partial charge is 0.320 e. The van der Waals surface area contributed by atoms with Crippen LogP contribution in [0.4, 0.5) is 8.78 Å². The van der Waals surface area contributed by atoms with E-state index < -0.39 is 23.6 Å². The maximum absolute atomic E-state index is 14.3. The van der Waals surface area contributed by atoms with Gasteiger partial charge in [-0.15, -0.1) is 0 Å². The molecule has 0 aliphatic carbocycles. The summed E-state index contributed by atoms with van der Waals surface area (Å²) in [5, 5.41) is 8.97. The molecule has 26 heavy (non-hydrogen) atoms. The molecular formula is C21H23F2NO2. The average Bonchev–Trinajstić information content (AvgIpc) is 2.62. The van der Waals surface area contributed by atoms with Gasteiger partial charge in [-0.3, -0.25) is 4.79 Å². The van der Waals surface area contributed by atoms with Crippen LogP contribution >= 0.6 is 0 Å². The van der Waals surface area contributed by atoms with Gasteiger partial charge in [-0.05, 0) is 48.1 Å². The van der Waals surface area contributed by atoms with Crippen molar-refractivity contribution < 1.29 is 18.7 Å². The first kappa shape index (κ1) is 19.8. The second-order valence-corrected chi connectivity index (χ2v) is 6.22. The summed E-state index contributed by atoms with van der Waals surface area (Å²) >= 11 is 0. The largest absolute Gasteiger partial charge is 0.480 e. The van der Waals surface area contributed by atoms with Gasteiger partial charge in [0, 0.05) is 11.6 Å². The van der Waals surface area contributed by atoms with E-state index in [9.17, 15) is 13.6 Å². The van der Waals surface area contributed by atoms with Gasteiger partial charge in [0.15, 0.2) is 0 Å². The molecule has 0 amide bonds. The van der Waals surface area contributed by atoms with E-state index in [0.717, 1.165) is 30.9 Å². The number of rotatable bonds is 8. The topological polar surface area (TPSA) is 63.3 Å². The van der Waals surface area contributed by atoms with Crippen LogP contribution in [0, 0.1) is 11.6 Å². The second-order valence-electron chi connectivity index (χ2n) is 6.22. The van der Waals surface area contributed by atoms with Gasteiger partial charge in [-0.1, -0.05) is 43.7 Å². The van der Waals surface area contributed by atoms with Gasteiger partial charge in [0.25, 0.3) is 0 Å². The van der Waals surface area contributed by atoms with Gasteiger partial charge < -0.3 is 10.8 Å². The Morgan fingerprint density at radius 3 is 2.46 bits per heavy atom. The lowest BCUT2D eigenvalue weighted by molar-refractivity contribution is -0.138. The molecule has 0 radical (unpaired) electrons. The van der Waals surface area contributed by atoms with Crippen molar-refractivity contribution in [2.45, 2.75) is 38.6 Å². The minimum Gasteiger partial charge on any atom is -0.480 e. The number of carbonyl (C=O) groups is 1. The molecule has 3 N–H and O–H groups in total. The maximum atomic E-state index is 14.3. The number of carboxylic acids is 1. The fraction of sp³-hybridized carbons (Fsp3) is 0.286. The van der Waals surface area contributed by atoms with Crippen LogP contribution in [-0.2, 0) is 11.2 Å². The normalized spacial score (nSPS) is 12.8. The predicted octanol–water partition coefficient (Wildman–Crippen LogP) is 4.54. The molecule has 0 fully saturated rings. The molecule has 0 aliphatic heterocycles. The molecular weight excluding hydrogens is 336 g/mol. The van der Waals surface area contributed by atoms with E-state index in [0.29, 0.717) is 5.57 Å². The van der Waals surface area contributed by atoms with Crippen molar-refractivity contribution in [2.24, 2.45) is 5.73 Å². The Morgan fingerprint density at radius 2 is 1.88 bits per heavy atom. The number of nitrogens with two attached hydrogens (primary N) is 1. The SMILES string of the molecule is CCCCc1ccc(/C(=C\CC(N)C(=O)O)c2ccc(F)cc2F)cc1. The summed E-state index contributed by atoms with van der Waals surface area (Å²) in [7, 11) is 0. The van der Waals surface area contributed by atoms with Crippen LogP contribution in [0.5, 0.6) is 0 Å². The third-order valence-electron chi connectivity index (χ3n) is 4.20. The maximum Gasteiger partial charge on any atom is 0.320 e. The van der Waals surface area contributed by atoms with Crippen LogP contribution in [0.25, 0.3) is 5.57 Å². The first-order valence-electron chi connectivity index (χ1n) is 8.65. The summed E-state index contributed by atoms with van der Waals surface area (Å²) in [5.74, 6) is -2.49. The van der Waals surface area contributed by atoms with E-state index in [1.165, 1.54) is 17.7 Å². The van der Waals surface area contributed by atoms with E-state index >= 15 is 0 Å². The van der Waals surface area contributed by atoms with Crippen molar-refractivity contribution >= 4 is 11.5 Å². The van der Waals surface area contributed by atoms with E-state index in [4.69, 9.17) is 10.8 Å². The first-order chi connectivity index (χ1) is 12.4. The molecule has 5 heteroatoms. The highest BCUT2D eigenvalue weighted by Crippen LogP contribution is 2.27. The molecule has 0 saturated heterocycles. The fourth-order valence-electron chi connectivity index (χ4n) is 2.67. The summed E-state index contributed by atoms with van der Waals surface area (Å²) in [6.07, 6.45) is 4.78. The summed E-state index contributed by atoms with van der Waals surface area (Å²) in [5.41, 5.74) is 8.19. The summed E-state index contributed by atoms with van der Waals surface area (Å²) < 4.78 is 27.5. The molecule has 0 saturated carbocycles. The Hall–Kier alpha value is -2.53. The molecule has 0 aliphatic rings. The van der Waals surface area contributed by atoms with Crippen molar-refractivity contribution in [3.05, 3.63) is 76.9 Å². The number of hydrogen-bond acceptors (Lipinski definition) is 2. The molecule has 0 heterocycles.